The van der Waals surface area contributed by atoms with Crippen LogP contribution in [0.3, 0.4) is 0 Å². The largest absolute Gasteiger partial charge is 0.449 e. The number of rotatable bonds is 10. The van der Waals surface area contributed by atoms with Gasteiger partial charge in [0.15, 0.2) is 0 Å². The smallest absolute Gasteiger partial charge is 0.242 e. The van der Waals surface area contributed by atoms with Crippen molar-refractivity contribution < 1.29 is 4.12 Å². The number of aryl methyl sites for hydroxylation is 12. The van der Waals surface area contributed by atoms with Crippen LogP contribution in [0, 0.1) is 83.1 Å². The van der Waals surface area contributed by atoms with Gasteiger partial charge in [0, 0.05) is 0 Å². The second kappa shape index (κ2) is 16.2. The molecule has 0 atom stereocenters. The Hall–Kier alpha value is -4.16. The Kier molecular flexibility index (Phi) is 12.1. The van der Waals surface area contributed by atoms with E-state index >= 15 is 0 Å². The van der Waals surface area contributed by atoms with E-state index in [2.05, 4.69) is 206 Å². The summed E-state index contributed by atoms with van der Waals surface area (Å²) in [4.78, 5) is 0. The zero-order valence-electron chi connectivity index (χ0n) is 37.8. The Bertz CT molecular complexity index is 2110. The third-order valence-electron chi connectivity index (χ3n) is 12.5. The Morgan fingerprint density at radius 2 is 0.544 bits per heavy atom. The van der Waals surface area contributed by atoms with Crippen molar-refractivity contribution >= 4 is 73.2 Å². The van der Waals surface area contributed by atoms with Crippen LogP contribution in [-0.2, 0) is 4.12 Å². The Morgan fingerprint density at radius 3 is 0.772 bits per heavy atom. The van der Waals surface area contributed by atoms with Crippen LogP contribution in [0.25, 0.3) is 0 Å². The molecule has 0 spiro atoms. The second-order valence-electron chi connectivity index (χ2n) is 18.4. The lowest BCUT2D eigenvalue weighted by Gasteiger charge is -2.38. The molecule has 292 valence electrons. The minimum absolute atomic E-state index is 0.0965. The fourth-order valence-electron chi connectivity index (χ4n) is 10.8. The van der Waals surface area contributed by atoms with E-state index in [9.17, 15) is 0 Å². The summed E-state index contributed by atoms with van der Waals surface area (Å²) in [6, 6.07) is 37.5. The van der Waals surface area contributed by atoms with E-state index in [0.717, 1.165) is 0 Å². The summed E-state index contributed by atoms with van der Waals surface area (Å²) in [6.07, 6.45) is 0. The molecule has 6 rings (SSSR count). The highest BCUT2D eigenvalue weighted by atomic mass is 28.4. The molecule has 57 heavy (non-hydrogen) atoms. The normalized spacial score (nSPS) is 11.9. The summed E-state index contributed by atoms with van der Waals surface area (Å²) in [6.45, 7) is 37.3. The van der Waals surface area contributed by atoms with E-state index < -0.39 is 16.6 Å². The highest BCUT2D eigenvalue weighted by molar-refractivity contribution is 7.06. The zero-order chi connectivity index (χ0) is 41.7. The van der Waals surface area contributed by atoms with E-state index in [1.165, 1.54) is 110 Å². The fraction of sp³-hybridized carbons (Fsp3) is 0.308. The predicted octanol–water partition coefficient (Wildman–Crippen LogP) is 7.96. The molecule has 0 radical (unpaired) electrons. The zero-order valence-corrected chi connectivity index (χ0v) is 39.8. The van der Waals surface area contributed by atoms with Crippen LogP contribution >= 0.6 is 0 Å². The monoisotopic (exact) mass is 782 g/mol. The van der Waals surface area contributed by atoms with Crippen molar-refractivity contribution in [2.75, 3.05) is 0 Å². The number of benzene rings is 6. The van der Waals surface area contributed by atoms with Crippen LogP contribution in [0.2, 0.25) is 26.2 Å². The summed E-state index contributed by atoms with van der Waals surface area (Å²) in [5, 5.41) is 2.78. The molecular formula is C52H64B2OSi2. The molecule has 0 N–H and O–H groups in total. The van der Waals surface area contributed by atoms with Crippen LogP contribution in [0.1, 0.15) is 66.8 Å². The van der Waals surface area contributed by atoms with Gasteiger partial charge in [-0.15, -0.1) is 0 Å². The highest BCUT2D eigenvalue weighted by Gasteiger charge is 2.42. The maximum absolute atomic E-state index is 7.92. The lowest BCUT2D eigenvalue weighted by Crippen LogP contribution is -2.69. The molecule has 0 saturated carbocycles. The fourth-order valence-corrected chi connectivity index (χ4v) is 19.7. The van der Waals surface area contributed by atoms with Crippen molar-refractivity contribution in [2.24, 2.45) is 0 Å². The van der Waals surface area contributed by atoms with Crippen LogP contribution < -0.4 is 43.2 Å². The van der Waals surface area contributed by atoms with Crippen LogP contribution in [0.4, 0.5) is 0 Å². The Balaban J connectivity index is 1.55. The molecule has 0 fully saturated rings. The maximum Gasteiger partial charge on any atom is 0.242 e. The molecule has 0 unspecified atom stereocenters. The first-order valence-electron chi connectivity index (χ1n) is 20.9. The molecule has 0 aromatic heterocycles. The second-order valence-corrected chi connectivity index (χ2v) is 26.3. The molecule has 0 aliphatic heterocycles. The van der Waals surface area contributed by atoms with E-state index in [-0.39, 0.29) is 13.4 Å². The lowest BCUT2D eigenvalue weighted by molar-refractivity contribution is 0.574. The van der Waals surface area contributed by atoms with Crippen molar-refractivity contribution in [2.45, 2.75) is 109 Å². The summed E-state index contributed by atoms with van der Waals surface area (Å²) >= 11 is 0. The molecule has 1 nitrogen and oxygen atoms in total. The van der Waals surface area contributed by atoms with Crippen molar-refractivity contribution in [1.29, 1.82) is 0 Å². The molecule has 0 aliphatic rings. The number of hydrogen-bond donors (Lipinski definition) is 0. The maximum atomic E-state index is 7.92. The van der Waals surface area contributed by atoms with Crippen LogP contribution in [-0.4, -0.2) is 30.1 Å². The summed E-state index contributed by atoms with van der Waals surface area (Å²) < 4.78 is 7.92. The van der Waals surface area contributed by atoms with Gasteiger partial charge in [-0.25, -0.2) is 0 Å². The minimum Gasteiger partial charge on any atom is -0.449 e. The highest BCUT2D eigenvalue weighted by Crippen LogP contribution is 2.19. The van der Waals surface area contributed by atoms with E-state index in [1.54, 1.807) is 0 Å². The molecule has 5 heteroatoms. The molecule has 0 bridgehead atoms. The molecule has 0 saturated heterocycles. The van der Waals surface area contributed by atoms with Crippen molar-refractivity contribution in [3.05, 3.63) is 164 Å². The topological polar surface area (TPSA) is 9.23 Å². The average molecular weight is 783 g/mol. The average Bonchev–Trinajstić information content (AvgIpc) is 3.08. The quantitative estimate of drug-likeness (QED) is 0.128. The van der Waals surface area contributed by atoms with Gasteiger partial charge in [-0.2, -0.15) is 0 Å². The van der Waals surface area contributed by atoms with E-state index in [0.29, 0.717) is 0 Å². The molecule has 6 aromatic rings. The molecule has 0 heterocycles. The van der Waals surface area contributed by atoms with Gasteiger partial charge in [-0.1, -0.05) is 197 Å². The predicted molar refractivity (Wildman–Crippen MR) is 260 cm³/mol. The van der Waals surface area contributed by atoms with Gasteiger partial charge in [0.05, 0.1) is 0 Å². The lowest BCUT2D eigenvalue weighted by atomic mass is 9.34. The van der Waals surface area contributed by atoms with Crippen LogP contribution in [0.5, 0.6) is 0 Å². The van der Waals surface area contributed by atoms with Crippen LogP contribution in [0.15, 0.2) is 97.1 Å². The third-order valence-corrected chi connectivity index (χ3v) is 20.0. The first kappa shape index (κ1) is 42.4. The first-order valence-corrected chi connectivity index (χ1v) is 26.7. The van der Waals surface area contributed by atoms with E-state index in [1.807, 2.05) is 0 Å². The molecular weight excluding hydrogens is 718 g/mol. The molecule has 0 amide bonds. The van der Waals surface area contributed by atoms with Gasteiger partial charge >= 0.3 is 0 Å². The summed E-state index contributed by atoms with van der Waals surface area (Å²) in [5.41, 5.74) is 24.5. The third kappa shape index (κ3) is 8.40. The van der Waals surface area contributed by atoms with Gasteiger partial charge in [0.2, 0.25) is 30.1 Å². The van der Waals surface area contributed by atoms with Gasteiger partial charge in [0.25, 0.3) is 0 Å². The van der Waals surface area contributed by atoms with E-state index in [4.69, 9.17) is 4.12 Å². The Labute approximate surface area is 348 Å². The standard InChI is InChI=1S/C52H64B2OSi2/c1-33-25-37(5)49(38(6)26-33)53(50-39(7)27-34(2)28-40(50)8)45-21-17-19-23-47(45)56(13,14)55-57(15,16)48-24-20-18-22-46(48)54(51-41(9)29-35(3)30-42(51)10)52-43(11)31-36(4)32-44(52)12/h17-32H,1-16H3. The summed E-state index contributed by atoms with van der Waals surface area (Å²) in [5.74, 6) is 0. The van der Waals surface area contributed by atoms with Gasteiger partial charge in [-0.05, 0) is 120 Å². The SMILES string of the molecule is Cc1cc(C)c(B(c2ccccc2[Si](C)(C)O[Si](C)(C)c2ccccc2B(c2c(C)cc(C)cc2C)c2c(C)cc(C)cc2C)c2c(C)cc(C)cc2C)c(C)c1. The minimum atomic E-state index is -2.58. The number of hydrogen-bond acceptors (Lipinski definition) is 1. The van der Waals surface area contributed by atoms with Gasteiger partial charge < -0.3 is 4.12 Å². The van der Waals surface area contributed by atoms with Crippen molar-refractivity contribution in [1.82, 2.24) is 0 Å². The van der Waals surface area contributed by atoms with Gasteiger partial charge in [0.1, 0.15) is 0 Å². The first-order chi connectivity index (χ1) is 26.7. The van der Waals surface area contributed by atoms with Crippen molar-refractivity contribution in [3.8, 4) is 0 Å². The van der Waals surface area contributed by atoms with Gasteiger partial charge in [-0.3, -0.25) is 0 Å². The Morgan fingerprint density at radius 1 is 0.333 bits per heavy atom. The van der Waals surface area contributed by atoms with Crippen molar-refractivity contribution in [3.63, 3.8) is 0 Å². The molecule has 0 aliphatic carbocycles. The summed E-state index contributed by atoms with van der Waals surface area (Å²) in [7, 11) is -5.15. The molecule has 6 aromatic carbocycles.